The molecule has 8 heteroatoms. The Kier molecular flexibility index (Phi) is 5.95. The fraction of sp³-hybridized carbons (Fsp3) is 0.194. The quantitative estimate of drug-likeness (QED) is 0.312. The molecule has 0 bridgehead atoms. The summed E-state index contributed by atoms with van der Waals surface area (Å²) in [6.45, 7) is 5.52. The third-order valence-corrected chi connectivity index (χ3v) is 7.52. The Morgan fingerprint density at radius 3 is 2.49 bits per heavy atom. The number of nitrogens with one attached hydrogen (secondary N) is 2. The van der Waals surface area contributed by atoms with E-state index in [1.807, 2.05) is 30.6 Å². The molecule has 1 aliphatic carbocycles. The second kappa shape index (κ2) is 9.47. The van der Waals surface area contributed by atoms with Crippen molar-refractivity contribution < 1.29 is 9.59 Å². The number of aromatic nitrogens is 4. The van der Waals surface area contributed by atoms with E-state index in [1.54, 1.807) is 25.3 Å². The molecule has 1 atom stereocenters. The molecule has 39 heavy (non-hydrogen) atoms. The number of rotatable bonds is 7. The average molecular weight is 517 g/mol. The molecular formula is C31H28N6O2. The molecular weight excluding hydrogens is 488 g/mol. The van der Waals surface area contributed by atoms with Crippen molar-refractivity contribution >= 4 is 28.5 Å². The SMILES string of the molecule is C=C(C)[C@H](NC(=O)c1ccc(-c2cnc3ncc(C4(c5ccc6ncccc6c5)CC4)n3c2)cc1)C(=O)NC. The van der Waals surface area contributed by atoms with Gasteiger partial charge in [-0.2, -0.15) is 0 Å². The van der Waals surface area contributed by atoms with Gasteiger partial charge in [0.05, 0.1) is 17.4 Å². The molecule has 0 radical (unpaired) electrons. The van der Waals surface area contributed by atoms with Gasteiger partial charge in [-0.15, -0.1) is 0 Å². The molecule has 0 saturated heterocycles. The van der Waals surface area contributed by atoms with E-state index in [2.05, 4.69) is 67.0 Å². The summed E-state index contributed by atoms with van der Waals surface area (Å²) in [5.74, 6) is 0.000161. The second-order valence-corrected chi connectivity index (χ2v) is 10.1. The fourth-order valence-electron chi connectivity index (χ4n) is 5.15. The van der Waals surface area contributed by atoms with Crippen LogP contribution in [0.25, 0.3) is 27.8 Å². The van der Waals surface area contributed by atoms with Gasteiger partial charge >= 0.3 is 0 Å². The van der Waals surface area contributed by atoms with E-state index in [0.717, 1.165) is 40.6 Å². The van der Waals surface area contributed by atoms with Gasteiger partial charge in [-0.25, -0.2) is 9.97 Å². The molecule has 0 spiro atoms. The third-order valence-electron chi connectivity index (χ3n) is 7.52. The number of fused-ring (bicyclic) bond motifs is 2. The number of benzene rings is 2. The molecule has 2 aromatic carbocycles. The summed E-state index contributed by atoms with van der Waals surface area (Å²) in [5, 5.41) is 6.42. The maximum atomic E-state index is 12.8. The summed E-state index contributed by atoms with van der Waals surface area (Å²) in [6, 6.07) is 17.0. The predicted molar refractivity (Wildman–Crippen MR) is 150 cm³/mol. The van der Waals surface area contributed by atoms with Crippen LogP contribution in [0.2, 0.25) is 0 Å². The molecule has 5 aromatic rings. The highest BCUT2D eigenvalue weighted by Crippen LogP contribution is 2.53. The van der Waals surface area contributed by atoms with Crippen molar-refractivity contribution in [3.63, 3.8) is 0 Å². The maximum absolute atomic E-state index is 12.8. The van der Waals surface area contributed by atoms with Gasteiger partial charge in [0.15, 0.2) is 0 Å². The van der Waals surface area contributed by atoms with E-state index in [9.17, 15) is 9.59 Å². The number of nitrogens with zero attached hydrogens (tertiary/aromatic N) is 4. The van der Waals surface area contributed by atoms with Crippen LogP contribution in [0.1, 0.15) is 41.4 Å². The highest BCUT2D eigenvalue weighted by Gasteiger charge is 2.48. The van der Waals surface area contributed by atoms with Crippen molar-refractivity contribution in [3.8, 4) is 11.1 Å². The van der Waals surface area contributed by atoms with Crippen LogP contribution in [0, 0.1) is 0 Å². The average Bonchev–Trinajstić information content (AvgIpc) is 3.66. The van der Waals surface area contributed by atoms with E-state index < -0.39 is 6.04 Å². The third kappa shape index (κ3) is 4.33. The molecule has 2 N–H and O–H groups in total. The molecule has 0 unspecified atom stereocenters. The fourth-order valence-corrected chi connectivity index (χ4v) is 5.15. The van der Waals surface area contributed by atoms with Crippen molar-refractivity contribution in [2.45, 2.75) is 31.2 Å². The first-order chi connectivity index (χ1) is 18.9. The van der Waals surface area contributed by atoms with Crippen LogP contribution in [0.5, 0.6) is 0 Å². The summed E-state index contributed by atoms with van der Waals surface area (Å²) in [5.41, 5.74) is 6.11. The van der Waals surface area contributed by atoms with Gasteiger partial charge in [0.25, 0.3) is 5.91 Å². The summed E-state index contributed by atoms with van der Waals surface area (Å²) in [4.78, 5) is 38.5. The topological polar surface area (TPSA) is 101 Å². The monoisotopic (exact) mass is 516 g/mol. The van der Waals surface area contributed by atoms with Crippen LogP contribution < -0.4 is 10.6 Å². The van der Waals surface area contributed by atoms with Gasteiger partial charge in [-0.1, -0.05) is 30.8 Å². The molecule has 0 aliphatic heterocycles. The van der Waals surface area contributed by atoms with Gasteiger partial charge in [-0.3, -0.25) is 19.0 Å². The predicted octanol–water partition coefficient (Wildman–Crippen LogP) is 4.44. The van der Waals surface area contributed by atoms with Gasteiger partial charge in [0.1, 0.15) is 6.04 Å². The zero-order chi connectivity index (χ0) is 27.1. The second-order valence-electron chi connectivity index (χ2n) is 10.1. The smallest absolute Gasteiger partial charge is 0.252 e. The number of pyridine rings is 1. The zero-order valence-corrected chi connectivity index (χ0v) is 21.8. The standard InChI is InChI=1S/C31H28N6O2/c1-19(2)27(29(39)32-3)36-28(38)21-8-6-20(7-9-21)23-16-34-30-35-17-26(37(30)18-23)31(12-13-31)24-10-11-25-22(15-24)5-4-14-33-25/h4-11,14-18,27H,1,12-13H2,2-3H3,(H,32,39)(H,36,38)/t27-/m0/s1. The Bertz CT molecular complexity index is 1750. The van der Waals surface area contributed by atoms with Gasteiger partial charge in [0, 0.05) is 47.6 Å². The summed E-state index contributed by atoms with van der Waals surface area (Å²) < 4.78 is 2.08. The lowest BCUT2D eigenvalue weighted by Gasteiger charge is -2.17. The lowest BCUT2D eigenvalue weighted by atomic mass is 9.91. The minimum absolute atomic E-state index is 0.101. The van der Waals surface area contributed by atoms with E-state index >= 15 is 0 Å². The number of hydrogen-bond acceptors (Lipinski definition) is 5. The van der Waals surface area contributed by atoms with Crippen molar-refractivity contribution in [3.05, 3.63) is 108 Å². The molecule has 3 aromatic heterocycles. The van der Waals surface area contributed by atoms with Gasteiger partial charge in [-0.05, 0) is 66.8 Å². The zero-order valence-electron chi connectivity index (χ0n) is 21.8. The Morgan fingerprint density at radius 2 is 1.77 bits per heavy atom. The highest BCUT2D eigenvalue weighted by atomic mass is 16.2. The van der Waals surface area contributed by atoms with Crippen molar-refractivity contribution in [2.75, 3.05) is 7.05 Å². The van der Waals surface area contributed by atoms with Crippen LogP contribution >= 0.6 is 0 Å². The first kappa shape index (κ1) is 24.5. The van der Waals surface area contributed by atoms with Gasteiger partial charge < -0.3 is 10.6 Å². The molecule has 194 valence electrons. The number of imidazole rings is 1. The lowest BCUT2D eigenvalue weighted by Crippen LogP contribution is -2.46. The van der Waals surface area contributed by atoms with Gasteiger partial charge in [0.2, 0.25) is 11.7 Å². The molecule has 2 amide bonds. The van der Waals surface area contributed by atoms with Crippen LogP contribution in [0.4, 0.5) is 0 Å². The number of carbonyl (C=O) groups excluding carboxylic acids is 2. The normalized spacial score (nSPS) is 14.6. The van der Waals surface area contributed by atoms with E-state index in [-0.39, 0.29) is 17.2 Å². The van der Waals surface area contributed by atoms with E-state index in [1.165, 1.54) is 12.6 Å². The number of carbonyl (C=O) groups is 2. The first-order valence-electron chi connectivity index (χ1n) is 12.9. The number of likely N-dealkylation sites (N-methyl/N-ethyl adjacent to an activating group) is 1. The Hall–Kier alpha value is -4.85. The summed E-state index contributed by atoms with van der Waals surface area (Å²) in [6.07, 6.45) is 9.69. The van der Waals surface area contributed by atoms with Crippen molar-refractivity contribution in [1.29, 1.82) is 0 Å². The van der Waals surface area contributed by atoms with Crippen LogP contribution in [0.3, 0.4) is 0 Å². The Labute approximate surface area is 225 Å². The maximum Gasteiger partial charge on any atom is 0.252 e. The number of hydrogen-bond donors (Lipinski definition) is 2. The minimum Gasteiger partial charge on any atom is -0.357 e. The molecule has 3 heterocycles. The molecule has 1 aliphatic rings. The summed E-state index contributed by atoms with van der Waals surface area (Å²) >= 11 is 0. The largest absolute Gasteiger partial charge is 0.357 e. The van der Waals surface area contributed by atoms with E-state index in [0.29, 0.717) is 16.9 Å². The van der Waals surface area contributed by atoms with Crippen molar-refractivity contribution in [2.24, 2.45) is 0 Å². The molecule has 1 saturated carbocycles. The molecule has 1 fully saturated rings. The lowest BCUT2D eigenvalue weighted by molar-refractivity contribution is -0.121. The first-order valence-corrected chi connectivity index (χ1v) is 12.9. The van der Waals surface area contributed by atoms with Crippen molar-refractivity contribution in [1.82, 2.24) is 30.0 Å². The minimum atomic E-state index is -0.790. The van der Waals surface area contributed by atoms with Crippen LogP contribution in [0.15, 0.2) is 91.5 Å². The molecule has 6 rings (SSSR count). The van der Waals surface area contributed by atoms with Crippen LogP contribution in [-0.4, -0.2) is 44.3 Å². The summed E-state index contributed by atoms with van der Waals surface area (Å²) in [7, 11) is 1.53. The molecule has 8 nitrogen and oxygen atoms in total. The number of amides is 2. The Morgan fingerprint density at radius 1 is 1.00 bits per heavy atom. The van der Waals surface area contributed by atoms with Crippen LogP contribution in [-0.2, 0) is 10.2 Å². The highest BCUT2D eigenvalue weighted by molar-refractivity contribution is 5.98. The Balaban J connectivity index is 1.29. The van der Waals surface area contributed by atoms with E-state index in [4.69, 9.17) is 0 Å².